The van der Waals surface area contributed by atoms with Gasteiger partial charge in [-0.05, 0) is 24.3 Å². The lowest BCUT2D eigenvalue weighted by atomic mass is 10.1. The Hall–Kier alpha value is -2.73. The average molecular weight is 254 g/mol. The van der Waals surface area contributed by atoms with E-state index in [1.54, 1.807) is 48.7 Å². The number of hydrogen-bond acceptors (Lipinski definition) is 5. The smallest absolute Gasteiger partial charge is 0.277 e. The Morgan fingerprint density at radius 1 is 0.895 bits per heavy atom. The first kappa shape index (κ1) is 11.4. The standard InChI is InChI=1S/C13H10N4O2/c18-12-9-5-1-2-6-10(9)13(19)17(12)16-15-11-7-3-4-8-14-11/h1-8,16H,(H,14,15). The molecule has 0 saturated carbocycles. The molecule has 1 aliphatic rings. The van der Waals surface area contributed by atoms with Gasteiger partial charge in [-0.1, -0.05) is 18.2 Å². The normalized spacial score (nSPS) is 13.6. The largest absolute Gasteiger partial charge is 0.287 e. The van der Waals surface area contributed by atoms with Crippen molar-refractivity contribution < 1.29 is 9.59 Å². The van der Waals surface area contributed by atoms with Crippen LogP contribution < -0.4 is 11.0 Å². The molecule has 2 amide bonds. The van der Waals surface area contributed by atoms with E-state index in [-0.39, 0.29) is 11.8 Å². The van der Waals surface area contributed by atoms with Crippen molar-refractivity contribution in [2.45, 2.75) is 0 Å². The van der Waals surface area contributed by atoms with Crippen molar-refractivity contribution in [2.24, 2.45) is 0 Å². The molecule has 1 aromatic heterocycles. The first-order chi connectivity index (χ1) is 9.27. The number of fused-ring (bicyclic) bond motifs is 1. The predicted octanol–water partition coefficient (Wildman–Crippen LogP) is 1.21. The summed E-state index contributed by atoms with van der Waals surface area (Å²) in [6.07, 6.45) is 1.60. The third-order valence-electron chi connectivity index (χ3n) is 2.75. The van der Waals surface area contributed by atoms with Gasteiger partial charge in [-0.2, -0.15) is 5.01 Å². The molecule has 0 saturated heterocycles. The molecular weight excluding hydrogens is 244 g/mol. The van der Waals surface area contributed by atoms with E-state index in [1.807, 2.05) is 0 Å². The van der Waals surface area contributed by atoms with E-state index in [9.17, 15) is 9.59 Å². The van der Waals surface area contributed by atoms with Gasteiger partial charge in [-0.25, -0.2) is 4.98 Å². The third kappa shape index (κ3) is 1.94. The van der Waals surface area contributed by atoms with Crippen LogP contribution >= 0.6 is 0 Å². The number of imide groups is 1. The number of nitrogens with one attached hydrogen (secondary N) is 2. The first-order valence-electron chi connectivity index (χ1n) is 5.68. The maximum Gasteiger partial charge on any atom is 0.277 e. The lowest BCUT2D eigenvalue weighted by Crippen LogP contribution is -2.45. The summed E-state index contributed by atoms with van der Waals surface area (Å²) < 4.78 is 0. The molecular formula is C13H10N4O2. The van der Waals surface area contributed by atoms with Gasteiger partial charge in [0.2, 0.25) is 0 Å². The number of nitrogens with zero attached hydrogens (tertiary/aromatic N) is 2. The van der Waals surface area contributed by atoms with Crippen LogP contribution in [0, 0.1) is 0 Å². The minimum atomic E-state index is -0.385. The van der Waals surface area contributed by atoms with Gasteiger partial charge in [0, 0.05) is 6.20 Å². The molecule has 0 unspecified atom stereocenters. The van der Waals surface area contributed by atoms with Crippen molar-refractivity contribution >= 4 is 17.6 Å². The van der Waals surface area contributed by atoms with Crippen molar-refractivity contribution in [1.82, 2.24) is 15.5 Å². The number of hydrazine groups is 2. The van der Waals surface area contributed by atoms with E-state index < -0.39 is 0 Å². The molecule has 0 fully saturated rings. The zero-order valence-electron chi connectivity index (χ0n) is 9.83. The fraction of sp³-hybridized carbons (Fsp3) is 0. The summed E-state index contributed by atoms with van der Waals surface area (Å²) in [6, 6.07) is 12.0. The molecule has 3 rings (SSSR count). The quantitative estimate of drug-likeness (QED) is 0.636. The van der Waals surface area contributed by atoms with Crippen molar-refractivity contribution in [1.29, 1.82) is 0 Å². The minimum Gasteiger partial charge on any atom is -0.287 e. The maximum atomic E-state index is 12.0. The Balaban J connectivity index is 1.78. The van der Waals surface area contributed by atoms with Gasteiger partial charge in [0.15, 0.2) is 0 Å². The van der Waals surface area contributed by atoms with Crippen molar-refractivity contribution in [2.75, 3.05) is 5.43 Å². The zero-order valence-corrected chi connectivity index (χ0v) is 9.83. The van der Waals surface area contributed by atoms with E-state index in [2.05, 4.69) is 15.9 Å². The van der Waals surface area contributed by atoms with Gasteiger partial charge in [-0.15, -0.1) is 5.53 Å². The van der Waals surface area contributed by atoms with Crippen molar-refractivity contribution in [3.05, 3.63) is 59.8 Å². The molecule has 0 atom stereocenters. The summed E-state index contributed by atoms with van der Waals surface area (Å²) >= 11 is 0. The monoisotopic (exact) mass is 254 g/mol. The SMILES string of the molecule is O=C1c2ccccc2C(=O)N1NNc1ccccn1. The van der Waals surface area contributed by atoms with Gasteiger partial charge in [-0.3, -0.25) is 15.0 Å². The Bertz CT molecular complexity index is 607. The second kappa shape index (κ2) is 4.51. The van der Waals surface area contributed by atoms with E-state index in [0.29, 0.717) is 16.9 Å². The molecule has 19 heavy (non-hydrogen) atoms. The molecule has 94 valence electrons. The van der Waals surface area contributed by atoms with Gasteiger partial charge in [0.05, 0.1) is 11.1 Å². The highest BCUT2D eigenvalue weighted by Gasteiger charge is 2.35. The molecule has 0 aliphatic carbocycles. The second-order valence-electron chi connectivity index (χ2n) is 3.94. The number of carbonyl (C=O) groups is 2. The Morgan fingerprint density at radius 3 is 2.11 bits per heavy atom. The molecule has 6 nitrogen and oxygen atoms in total. The van der Waals surface area contributed by atoms with E-state index in [0.717, 1.165) is 5.01 Å². The fourth-order valence-electron chi connectivity index (χ4n) is 1.84. The zero-order chi connectivity index (χ0) is 13.2. The third-order valence-corrected chi connectivity index (χ3v) is 2.75. The minimum absolute atomic E-state index is 0.385. The van der Waals surface area contributed by atoms with Gasteiger partial charge < -0.3 is 0 Å². The van der Waals surface area contributed by atoms with Crippen LogP contribution in [0.15, 0.2) is 48.7 Å². The first-order valence-corrected chi connectivity index (χ1v) is 5.68. The van der Waals surface area contributed by atoms with Gasteiger partial charge in [0.1, 0.15) is 5.82 Å². The van der Waals surface area contributed by atoms with E-state index >= 15 is 0 Å². The number of amides is 2. The van der Waals surface area contributed by atoms with Crippen LogP contribution in [0.4, 0.5) is 5.82 Å². The molecule has 2 heterocycles. The predicted molar refractivity (Wildman–Crippen MR) is 67.9 cm³/mol. The van der Waals surface area contributed by atoms with E-state index in [1.165, 1.54) is 0 Å². The molecule has 2 aromatic rings. The maximum absolute atomic E-state index is 12.0. The average Bonchev–Trinajstić information content (AvgIpc) is 2.71. The number of aromatic nitrogens is 1. The molecule has 1 aromatic carbocycles. The molecule has 0 radical (unpaired) electrons. The fourth-order valence-corrected chi connectivity index (χ4v) is 1.84. The molecule has 1 aliphatic heterocycles. The second-order valence-corrected chi connectivity index (χ2v) is 3.94. The van der Waals surface area contributed by atoms with Crippen LogP contribution in [-0.2, 0) is 0 Å². The summed E-state index contributed by atoms with van der Waals surface area (Å²) in [7, 11) is 0. The van der Waals surface area contributed by atoms with Crippen LogP contribution in [0.3, 0.4) is 0 Å². The van der Waals surface area contributed by atoms with Gasteiger partial charge >= 0.3 is 0 Å². The number of hydrogen-bond donors (Lipinski definition) is 2. The molecule has 0 bridgehead atoms. The number of anilines is 1. The van der Waals surface area contributed by atoms with Crippen LogP contribution in [0.2, 0.25) is 0 Å². The molecule has 2 N–H and O–H groups in total. The van der Waals surface area contributed by atoms with Crippen LogP contribution in [0.5, 0.6) is 0 Å². The van der Waals surface area contributed by atoms with E-state index in [4.69, 9.17) is 0 Å². The number of benzene rings is 1. The summed E-state index contributed by atoms with van der Waals surface area (Å²) in [4.78, 5) is 28.0. The Labute approximate surface area is 109 Å². The van der Waals surface area contributed by atoms with Gasteiger partial charge in [0.25, 0.3) is 11.8 Å². The molecule has 6 heteroatoms. The highest BCUT2D eigenvalue weighted by atomic mass is 16.2. The number of carbonyl (C=O) groups excluding carboxylic acids is 2. The molecule has 0 spiro atoms. The van der Waals surface area contributed by atoms with Crippen molar-refractivity contribution in [3.63, 3.8) is 0 Å². The van der Waals surface area contributed by atoms with Crippen LogP contribution in [0.25, 0.3) is 0 Å². The van der Waals surface area contributed by atoms with Crippen molar-refractivity contribution in [3.8, 4) is 0 Å². The summed E-state index contributed by atoms with van der Waals surface area (Å²) in [6.45, 7) is 0. The summed E-state index contributed by atoms with van der Waals surface area (Å²) in [5.74, 6) is -0.257. The number of pyridine rings is 1. The highest BCUT2D eigenvalue weighted by Crippen LogP contribution is 2.20. The topological polar surface area (TPSA) is 74.3 Å². The number of rotatable bonds is 3. The summed E-state index contributed by atoms with van der Waals surface area (Å²) in [5.41, 5.74) is 6.05. The Kier molecular flexibility index (Phi) is 2.70. The Morgan fingerprint density at radius 2 is 1.53 bits per heavy atom. The van der Waals surface area contributed by atoms with Crippen LogP contribution in [-0.4, -0.2) is 21.8 Å². The summed E-state index contributed by atoms with van der Waals surface area (Å²) in [5, 5.41) is 0.930. The lowest BCUT2D eigenvalue weighted by Gasteiger charge is -2.15. The highest BCUT2D eigenvalue weighted by molar-refractivity contribution is 6.20. The lowest BCUT2D eigenvalue weighted by molar-refractivity contribution is 0.0585. The van der Waals surface area contributed by atoms with Crippen LogP contribution in [0.1, 0.15) is 20.7 Å².